The summed E-state index contributed by atoms with van der Waals surface area (Å²) in [5.74, 6) is -0.627. The summed E-state index contributed by atoms with van der Waals surface area (Å²) in [7, 11) is 0. The largest absolute Gasteiger partial charge is 0.479 e. The van der Waals surface area contributed by atoms with Crippen LogP contribution in [0.4, 0.5) is 10.1 Å². The van der Waals surface area contributed by atoms with Crippen LogP contribution < -0.4 is 21.1 Å². The van der Waals surface area contributed by atoms with Crippen molar-refractivity contribution >= 4 is 23.5 Å². The number of aliphatic carboxylic acids is 1. The van der Waals surface area contributed by atoms with Crippen molar-refractivity contribution in [2.75, 3.05) is 45.1 Å². The van der Waals surface area contributed by atoms with Gasteiger partial charge in [-0.2, -0.15) is 0 Å². The van der Waals surface area contributed by atoms with Crippen LogP contribution in [-0.2, 0) is 40.0 Å². The monoisotopic (exact) mass is 601 g/mol. The first kappa shape index (κ1) is 34.8. The highest BCUT2D eigenvalue weighted by molar-refractivity contribution is 5.97. The van der Waals surface area contributed by atoms with E-state index in [4.69, 9.17) is 35.8 Å². The van der Waals surface area contributed by atoms with Crippen molar-refractivity contribution in [2.24, 2.45) is 5.73 Å². The number of carbonyl (C=O) groups is 3. The molecule has 42 heavy (non-hydrogen) atoms. The van der Waals surface area contributed by atoms with Crippen molar-refractivity contribution in [3.63, 3.8) is 0 Å². The number of ether oxygens (including phenoxy) is 5. The number of nitrogens with two attached hydrogens (primary N) is 1. The molecule has 6 unspecified atom stereocenters. The fourth-order valence-corrected chi connectivity index (χ4v) is 3.70. The number of hydrogen-bond acceptors (Lipinski definition) is 12. The van der Waals surface area contributed by atoms with Crippen LogP contribution in [0.5, 0.6) is 5.75 Å². The molecule has 1 aliphatic rings. The van der Waals surface area contributed by atoms with E-state index >= 15 is 0 Å². The molecule has 1 heterocycles. The number of aliphatic hydroxyl groups is 3. The fourth-order valence-electron chi connectivity index (χ4n) is 3.70. The predicted octanol–water partition coefficient (Wildman–Crippen LogP) is -1.77. The number of carbonyl (C=O) groups excluding carboxylic acids is 2. The van der Waals surface area contributed by atoms with Gasteiger partial charge in [-0.3, -0.25) is 9.59 Å². The quantitative estimate of drug-likeness (QED) is 0.0562. The third-order valence-electron chi connectivity index (χ3n) is 5.85. The molecule has 8 N–H and O–H groups in total. The molecule has 234 valence electrons. The summed E-state index contributed by atoms with van der Waals surface area (Å²) < 4.78 is 39.7. The van der Waals surface area contributed by atoms with Crippen molar-refractivity contribution < 1.29 is 62.9 Å². The first-order valence-corrected chi connectivity index (χ1v) is 12.9. The van der Waals surface area contributed by atoms with Gasteiger partial charge in [0.25, 0.3) is 0 Å². The Morgan fingerprint density at radius 3 is 2.40 bits per heavy atom. The van der Waals surface area contributed by atoms with Gasteiger partial charge in [-0.1, -0.05) is 0 Å². The lowest BCUT2D eigenvalue weighted by Gasteiger charge is -2.38. The highest BCUT2D eigenvalue weighted by Crippen LogP contribution is 2.29. The van der Waals surface area contributed by atoms with Gasteiger partial charge in [0.15, 0.2) is 6.10 Å². The van der Waals surface area contributed by atoms with E-state index in [-0.39, 0.29) is 56.4 Å². The van der Waals surface area contributed by atoms with Crippen molar-refractivity contribution in [3.05, 3.63) is 23.8 Å². The number of amides is 2. The molecule has 0 aromatic heterocycles. The molecule has 0 bridgehead atoms. The number of carboxylic acids is 1. The van der Waals surface area contributed by atoms with Gasteiger partial charge in [0.1, 0.15) is 43.4 Å². The SMILES string of the molecule is C#CCCC(NC(=O)COCCOCCOCN)C(=O)Nc1ccc(OC2OC(C(=O)O)C(O)C(O)C2O)c(CF)c1. The second-order valence-electron chi connectivity index (χ2n) is 8.90. The average Bonchev–Trinajstić information content (AvgIpc) is 2.97. The third-order valence-corrected chi connectivity index (χ3v) is 5.85. The molecular weight excluding hydrogens is 565 g/mol. The van der Waals surface area contributed by atoms with Gasteiger partial charge in [-0.25, -0.2) is 9.18 Å². The summed E-state index contributed by atoms with van der Waals surface area (Å²) in [6.45, 7) is -0.387. The second kappa shape index (κ2) is 18.2. The number of rotatable bonds is 18. The molecule has 1 saturated heterocycles. The third kappa shape index (κ3) is 10.8. The van der Waals surface area contributed by atoms with Crippen LogP contribution in [0, 0.1) is 12.3 Å². The number of terminal acetylenes is 1. The van der Waals surface area contributed by atoms with Crippen LogP contribution in [0.25, 0.3) is 0 Å². The maximum atomic E-state index is 13.9. The van der Waals surface area contributed by atoms with Gasteiger partial charge in [-0.05, 0) is 24.6 Å². The zero-order valence-electron chi connectivity index (χ0n) is 22.6. The Bertz CT molecular complexity index is 1070. The van der Waals surface area contributed by atoms with E-state index in [2.05, 4.69) is 16.6 Å². The molecular formula is C26H36FN3O12. The van der Waals surface area contributed by atoms with Gasteiger partial charge in [0, 0.05) is 17.7 Å². The van der Waals surface area contributed by atoms with Crippen molar-refractivity contribution in [3.8, 4) is 18.1 Å². The molecule has 2 rings (SSSR count). The molecule has 0 radical (unpaired) electrons. The van der Waals surface area contributed by atoms with E-state index in [9.17, 15) is 39.2 Å². The summed E-state index contributed by atoms with van der Waals surface area (Å²) in [5.41, 5.74) is 5.19. The van der Waals surface area contributed by atoms with E-state index < -0.39 is 61.2 Å². The summed E-state index contributed by atoms with van der Waals surface area (Å²) in [5, 5.41) is 44.2. The Balaban J connectivity index is 1.98. The summed E-state index contributed by atoms with van der Waals surface area (Å²) in [6, 6.07) is 2.71. The Morgan fingerprint density at radius 1 is 1.07 bits per heavy atom. The van der Waals surface area contributed by atoms with Gasteiger partial charge < -0.3 is 60.5 Å². The van der Waals surface area contributed by atoms with Crippen LogP contribution in [0.1, 0.15) is 18.4 Å². The molecule has 2 amide bonds. The second-order valence-corrected chi connectivity index (χ2v) is 8.90. The first-order valence-electron chi connectivity index (χ1n) is 12.9. The first-order chi connectivity index (χ1) is 20.1. The Labute approximate surface area is 241 Å². The number of halogens is 1. The molecule has 1 fully saturated rings. The zero-order valence-corrected chi connectivity index (χ0v) is 22.6. The molecule has 0 spiro atoms. The van der Waals surface area contributed by atoms with E-state index in [1.54, 1.807) is 0 Å². The number of carboxylic acid groups (broad SMARTS) is 1. The molecule has 0 saturated carbocycles. The van der Waals surface area contributed by atoms with Crippen LogP contribution in [0.15, 0.2) is 18.2 Å². The minimum absolute atomic E-state index is 0.0841. The van der Waals surface area contributed by atoms with E-state index in [1.807, 2.05) is 0 Å². The number of anilines is 1. The average molecular weight is 602 g/mol. The van der Waals surface area contributed by atoms with E-state index in [0.717, 1.165) is 0 Å². The summed E-state index contributed by atoms with van der Waals surface area (Å²) in [4.78, 5) is 36.5. The van der Waals surface area contributed by atoms with Gasteiger partial charge in [0.2, 0.25) is 18.1 Å². The van der Waals surface area contributed by atoms with Gasteiger partial charge >= 0.3 is 5.97 Å². The molecule has 1 aromatic rings. The molecule has 15 nitrogen and oxygen atoms in total. The van der Waals surface area contributed by atoms with E-state index in [1.165, 1.54) is 18.2 Å². The highest BCUT2D eigenvalue weighted by atomic mass is 19.1. The van der Waals surface area contributed by atoms with Gasteiger partial charge in [-0.15, -0.1) is 12.3 Å². The topological polar surface area (TPSA) is 228 Å². The molecule has 1 aliphatic heterocycles. The smallest absolute Gasteiger partial charge is 0.335 e. The number of hydrogen-bond donors (Lipinski definition) is 7. The molecule has 16 heteroatoms. The minimum atomic E-state index is -1.92. The van der Waals surface area contributed by atoms with Crippen molar-refractivity contribution in [1.82, 2.24) is 5.32 Å². The van der Waals surface area contributed by atoms with Crippen LogP contribution in [-0.4, -0.2) is 115 Å². The maximum absolute atomic E-state index is 13.9. The zero-order chi connectivity index (χ0) is 31.1. The summed E-state index contributed by atoms with van der Waals surface area (Å²) in [6.07, 6.45) is -3.77. The Morgan fingerprint density at radius 2 is 1.76 bits per heavy atom. The predicted molar refractivity (Wildman–Crippen MR) is 141 cm³/mol. The minimum Gasteiger partial charge on any atom is -0.479 e. The number of aliphatic hydroxyl groups excluding tert-OH is 3. The van der Waals surface area contributed by atoms with Crippen molar-refractivity contribution in [1.29, 1.82) is 0 Å². The Kier molecular flexibility index (Phi) is 15.1. The highest BCUT2D eigenvalue weighted by Gasteiger charge is 2.48. The van der Waals surface area contributed by atoms with E-state index in [0.29, 0.717) is 13.2 Å². The standard InChI is InChI=1S/C26H36FN3O12/c1-2-3-4-17(30-19(31)13-39-9-7-38-8-10-40-14-28)24(35)29-16-5-6-18(15(11-16)12-27)41-26-22(34)20(32)21(33)23(42-26)25(36)37/h1,5-6,11,17,20-23,26,32-34H,3-4,7-10,12-14,28H2,(H,29,35)(H,30,31)(H,36,37). The number of nitrogens with one attached hydrogen (secondary N) is 2. The molecule has 1 aromatic carbocycles. The van der Waals surface area contributed by atoms with Crippen molar-refractivity contribution in [2.45, 2.75) is 56.3 Å². The molecule has 6 atom stereocenters. The maximum Gasteiger partial charge on any atom is 0.335 e. The fraction of sp³-hybridized carbons (Fsp3) is 0.577. The molecule has 0 aliphatic carbocycles. The lowest BCUT2D eigenvalue weighted by molar-refractivity contribution is -0.271. The number of alkyl halides is 1. The lowest BCUT2D eigenvalue weighted by Crippen LogP contribution is -2.61. The van der Waals surface area contributed by atoms with Crippen LogP contribution in [0.2, 0.25) is 0 Å². The lowest BCUT2D eigenvalue weighted by atomic mass is 9.99. The van der Waals surface area contributed by atoms with Crippen LogP contribution >= 0.6 is 0 Å². The summed E-state index contributed by atoms with van der Waals surface area (Å²) >= 11 is 0. The van der Waals surface area contributed by atoms with Crippen LogP contribution in [0.3, 0.4) is 0 Å². The Hall–Kier alpha value is -3.40. The normalized spacial score (nSPS) is 22.5. The number of benzene rings is 1. The van der Waals surface area contributed by atoms with Gasteiger partial charge in [0.05, 0.1) is 33.2 Å².